The first kappa shape index (κ1) is 14.5. The van der Waals surface area contributed by atoms with E-state index >= 15 is 0 Å². The van der Waals surface area contributed by atoms with Crippen LogP contribution in [0.3, 0.4) is 0 Å². The third-order valence-electron chi connectivity index (χ3n) is 4.06. The summed E-state index contributed by atoms with van der Waals surface area (Å²) in [6, 6.07) is 2.69. The van der Waals surface area contributed by atoms with Gasteiger partial charge in [0, 0.05) is 12.7 Å². The molecule has 1 fully saturated rings. The Balaban J connectivity index is 1.98. The molecule has 0 bridgehead atoms. The summed E-state index contributed by atoms with van der Waals surface area (Å²) >= 11 is 0. The van der Waals surface area contributed by atoms with Gasteiger partial charge in [0.25, 0.3) is 5.91 Å². The number of carbonyl (C=O) groups excluding carboxylic acids is 1. The van der Waals surface area contributed by atoms with Gasteiger partial charge in [-0.05, 0) is 36.8 Å². The van der Waals surface area contributed by atoms with E-state index in [9.17, 15) is 9.59 Å². The Morgan fingerprint density at radius 3 is 2.75 bits per heavy atom. The molecule has 2 rings (SSSR count). The van der Waals surface area contributed by atoms with Crippen LogP contribution in [0.25, 0.3) is 0 Å². The molecule has 1 aliphatic carbocycles. The normalized spacial score (nSPS) is 16.2. The van der Waals surface area contributed by atoms with Gasteiger partial charge in [0.15, 0.2) is 0 Å². The minimum Gasteiger partial charge on any atom is -0.478 e. The molecule has 5 nitrogen and oxygen atoms in total. The maximum absolute atomic E-state index is 12.0. The van der Waals surface area contributed by atoms with Crippen molar-refractivity contribution in [1.82, 2.24) is 10.3 Å². The number of pyridine rings is 1. The highest BCUT2D eigenvalue weighted by Crippen LogP contribution is 2.44. The van der Waals surface area contributed by atoms with Gasteiger partial charge in [0.2, 0.25) is 0 Å². The number of carbonyl (C=O) groups is 2. The lowest BCUT2D eigenvalue weighted by Crippen LogP contribution is -2.42. The molecule has 0 spiro atoms. The summed E-state index contributed by atoms with van der Waals surface area (Å²) < 4.78 is 0. The topological polar surface area (TPSA) is 79.3 Å². The number of aromatic carboxylic acids is 1. The lowest BCUT2D eigenvalue weighted by molar-refractivity contribution is 0.0696. The Morgan fingerprint density at radius 2 is 2.20 bits per heavy atom. The number of amides is 1. The molecule has 1 saturated carbocycles. The Morgan fingerprint density at radius 1 is 1.45 bits per heavy atom. The first-order chi connectivity index (χ1) is 9.56. The summed E-state index contributed by atoms with van der Waals surface area (Å²) in [5, 5.41) is 11.8. The van der Waals surface area contributed by atoms with E-state index in [1.807, 2.05) is 0 Å². The highest BCUT2D eigenvalue weighted by Gasteiger charge is 2.36. The number of hydrogen-bond acceptors (Lipinski definition) is 3. The van der Waals surface area contributed by atoms with Gasteiger partial charge >= 0.3 is 5.97 Å². The zero-order chi connectivity index (χ0) is 14.6. The maximum atomic E-state index is 12.0. The lowest BCUT2D eigenvalue weighted by Gasteiger charge is -2.42. The zero-order valence-corrected chi connectivity index (χ0v) is 11.7. The molecule has 0 saturated heterocycles. The SMILES string of the molecule is CCCC1(CNC(=O)c2cc(C(=O)O)ccn2)CCC1. The van der Waals surface area contributed by atoms with Gasteiger partial charge in [-0.1, -0.05) is 19.8 Å². The van der Waals surface area contributed by atoms with Crippen LogP contribution in [0.1, 0.15) is 59.9 Å². The van der Waals surface area contributed by atoms with Gasteiger partial charge in [-0.3, -0.25) is 9.78 Å². The van der Waals surface area contributed by atoms with Crippen LogP contribution in [0.2, 0.25) is 0 Å². The van der Waals surface area contributed by atoms with Crippen LogP contribution in [0, 0.1) is 5.41 Å². The van der Waals surface area contributed by atoms with Gasteiger partial charge < -0.3 is 10.4 Å². The molecule has 0 aromatic carbocycles. The average Bonchev–Trinajstić information content (AvgIpc) is 2.41. The van der Waals surface area contributed by atoms with Crippen molar-refractivity contribution in [2.45, 2.75) is 39.0 Å². The van der Waals surface area contributed by atoms with Crippen molar-refractivity contribution < 1.29 is 14.7 Å². The van der Waals surface area contributed by atoms with Gasteiger partial charge in [0.1, 0.15) is 5.69 Å². The molecule has 1 aromatic heterocycles. The largest absolute Gasteiger partial charge is 0.478 e. The van der Waals surface area contributed by atoms with Crippen molar-refractivity contribution in [2.75, 3.05) is 6.54 Å². The van der Waals surface area contributed by atoms with Gasteiger partial charge in [-0.15, -0.1) is 0 Å². The summed E-state index contributed by atoms with van der Waals surface area (Å²) in [6.45, 7) is 2.80. The van der Waals surface area contributed by atoms with E-state index in [1.54, 1.807) is 0 Å². The molecule has 1 amide bonds. The third-order valence-corrected chi connectivity index (χ3v) is 4.06. The second-order valence-corrected chi connectivity index (χ2v) is 5.52. The number of nitrogens with one attached hydrogen (secondary N) is 1. The predicted octanol–water partition coefficient (Wildman–Crippen LogP) is 2.48. The smallest absolute Gasteiger partial charge is 0.335 e. The summed E-state index contributed by atoms with van der Waals surface area (Å²) in [6.07, 6.45) is 7.12. The summed E-state index contributed by atoms with van der Waals surface area (Å²) in [5.74, 6) is -1.35. The van der Waals surface area contributed by atoms with Crippen LogP contribution in [0.15, 0.2) is 18.3 Å². The maximum Gasteiger partial charge on any atom is 0.335 e. The Hall–Kier alpha value is -1.91. The molecule has 1 heterocycles. The van der Waals surface area contributed by atoms with Crippen molar-refractivity contribution in [3.63, 3.8) is 0 Å². The first-order valence-electron chi connectivity index (χ1n) is 7.04. The van der Waals surface area contributed by atoms with Crippen LogP contribution in [0.5, 0.6) is 0 Å². The van der Waals surface area contributed by atoms with E-state index in [-0.39, 0.29) is 22.6 Å². The molecule has 1 aromatic rings. The molecule has 5 heteroatoms. The van der Waals surface area contributed by atoms with Gasteiger partial charge in [-0.2, -0.15) is 0 Å². The van der Waals surface area contributed by atoms with Gasteiger partial charge in [0.05, 0.1) is 5.56 Å². The number of aromatic nitrogens is 1. The molecule has 1 aliphatic rings. The van der Waals surface area contributed by atoms with E-state index < -0.39 is 5.97 Å². The van der Waals surface area contributed by atoms with Crippen molar-refractivity contribution in [1.29, 1.82) is 0 Å². The summed E-state index contributed by atoms with van der Waals surface area (Å²) in [7, 11) is 0. The highest BCUT2D eigenvalue weighted by molar-refractivity contribution is 5.95. The Labute approximate surface area is 118 Å². The fraction of sp³-hybridized carbons (Fsp3) is 0.533. The Kier molecular flexibility index (Phi) is 4.37. The minimum atomic E-state index is -1.05. The van der Waals surface area contributed by atoms with Crippen LogP contribution in [-0.4, -0.2) is 28.5 Å². The third kappa shape index (κ3) is 3.15. The van der Waals surface area contributed by atoms with Crippen molar-refractivity contribution in [2.24, 2.45) is 5.41 Å². The number of carboxylic acid groups (broad SMARTS) is 1. The fourth-order valence-corrected chi connectivity index (χ4v) is 2.77. The first-order valence-corrected chi connectivity index (χ1v) is 7.04. The second-order valence-electron chi connectivity index (χ2n) is 5.52. The number of rotatable bonds is 6. The number of nitrogens with zero attached hydrogens (tertiary/aromatic N) is 1. The van der Waals surface area contributed by atoms with Crippen LogP contribution < -0.4 is 5.32 Å². The lowest BCUT2D eigenvalue weighted by atomic mass is 9.66. The molecule has 0 aliphatic heterocycles. The molecule has 108 valence electrons. The summed E-state index contributed by atoms with van der Waals surface area (Å²) in [5.41, 5.74) is 0.488. The molecular weight excluding hydrogens is 256 g/mol. The van der Waals surface area contributed by atoms with Crippen molar-refractivity contribution in [3.05, 3.63) is 29.6 Å². The quantitative estimate of drug-likeness (QED) is 0.836. The molecule has 20 heavy (non-hydrogen) atoms. The zero-order valence-electron chi connectivity index (χ0n) is 11.7. The van der Waals surface area contributed by atoms with Crippen LogP contribution in [-0.2, 0) is 0 Å². The highest BCUT2D eigenvalue weighted by atomic mass is 16.4. The molecular formula is C15H20N2O3. The minimum absolute atomic E-state index is 0.0806. The predicted molar refractivity (Wildman–Crippen MR) is 74.7 cm³/mol. The van der Waals surface area contributed by atoms with E-state index in [0.29, 0.717) is 6.54 Å². The van der Waals surface area contributed by atoms with E-state index in [0.717, 1.165) is 25.7 Å². The van der Waals surface area contributed by atoms with Crippen molar-refractivity contribution >= 4 is 11.9 Å². The van der Waals surface area contributed by atoms with E-state index in [4.69, 9.17) is 5.11 Å². The molecule has 0 radical (unpaired) electrons. The monoisotopic (exact) mass is 276 g/mol. The van der Waals surface area contributed by atoms with E-state index in [1.165, 1.54) is 24.8 Å². The fourth-order valence-electron chi connectivity index (χ4n) is 2.77. The number of carboxylic acids is 1. The standard InChI is InChI=1S/C15H20N2O3/c1-2-5-15(6-3-7-15)10-17-13(18)12-9-11(14(19)20)4-8-16-12/h4,8-9H,2-3,5-7,10H2,1H3,(H,17,18)(H,19,20). The second kappa shape index (κ2) is 6.03. The molecule has 0 atom stereocenters. The van der Waals surface area contributed by atoms with Crippen molar-refractivity contribution in [3.8, 4) is 0 Å². The molecule has 2 N–H and O–H groups in total. The number of hydrogen-bond donors (Lipinski definition) is 2. The molecule has 0 unspecified atom stereocenters. The average molecular weight is 276 g/mol. The van der Waals surface area contributed by atoms with Crippen LogP contribution in [0.4, 0.5) is 0 Å². The van der Waals surface area contributed by atoms with E-state index in [2.05, 4.69) is 17.2 Å². The van der Waals surface area contributed by atoms with Crippen LogP contribution >= 0.6 is 0 Å². The summed E-state index contributed by atoms with van der Waals surface area (Å²) in [4.78, 5) is 26.9. The Bertz CT molecular complexity index is 510. The van der Waals surface area contributed by atoms with Gasteiger partial charge in [-0.25, -0.2) is 4.79 Å².